The summed E-state index contributed by atoms with van der Waals surface area (Å²) in [5.41, 5.74) is 23.9. The molecule has 0 fully saturated rings. The number of furan rings is 1. The second-order valence-electron chi connectivity index (χ2n) is 22.6. The SMILES string of the molecule is CC(C)(C)c1ccc(-c2ccc(N3c4ccc(C(C)(C)C)cc4B4c5cc(C(C)(C)C)ccc5N(c5ccc(-c6cccc7c6oc6ccccc67)cc5)c5cccc3c54)c(-c3ccccc3)c2)cc1. The summed E-state index contributed by atoms with van der Waals surface area (Å²) in [5, 5.41) is 2.28. The molecule has 3 heterocycles. The standard InChI is InChI=1S/C66H59BN2O/c1-64(2,3)46-30-25-42(26-31-46)45-29-36-56(53(39-45)43-17-11-10-12-18-43)69-58-38-33-48(66(7,8)9)41-55(58)67-54-40-47(65(4,5)6)32-37-57(54)68(59-22-16-23-60(69)62(59)67)49-34-27-44(28-35-49)50-20-15-21-52-51-19-13-14-24-61(51)70-63(50)52/h10-41H,1-9H3. The normalized spacial score (nSPS) is 13.4. The minimum absolute atomic E-state index is 0.000889. The van der Waals surface area contributed by atoms with Crippen molar-refractivity contribution in [3.05, 3.63) is 211 Å². The highest BCUT2D eigenvalue weighted by molar-refractivity contribution is 7.00. The molecule has 4 heteroatoms. The van der Waals surface area contributed by atoms with Gasteiger partial charge in [-0.2, -0.15) is 0 Å². The van der Waals surface area contributed by atoms with Crippen molar-refractivity contribution in [2.24, 2.45) is 0 Å². The van der Waals surface area contributed by atoms with Crippen LogP contribution in [0.2, 0.25) is 0 Å². The Morgan fingerprint density at radius 1 is 0.357 bits per heavy atom. The molecule has 70 heavy (non-hydrogen) atoms. The van der Waals surface area contributed by atoms with Crippen molar-refractivity contribution in [2.45, 2.75) is 78.6 Å². The van der Waals surface area contributed by atoms with Crippen molar-refractivity contribution < 1.29 is 4.42 Å². The molecule has 0 atom stereocenters. The first-order valence-corrected chi connectivity index (χ1v) is 24.9. The minimum atomic E-state index is -0.0513. The van der Waals surface area contributed by atoms with Gasteiger partial charge in [0.2, 0.25) is 0 Å². The van der Waals surface area contributed by atoms with Crippen LogP contribution < -0.4 is 26.2 Å². The van der Waals surface area contributed by atoms with Crippen molar-refractivity contribution in [1.29, 1.82) is 0 Å². The number of nitrogens with zero attached hydrogens (tertiary/aromatic N) is 2. The maximum Gasteiger partial charge on any atom is 0.252 e. The Hall–Kier alpha value is -7.56. The molecule has 342 valence electrons. The molecule has 0 spiro atoms. The summed E-state index contributed by atoms with van der Waals surface area (Å²) >= 11 is 0. The van der Waals surface area contributed by atoms with Crippen LogP contribution in [-0.4, -0.2) is 6.71 Å². The van der Waals surface area contributed by atoms with Crippen LogP contribution in [0.4, 0.5) is 34.1 Å². The summed E-state index contributed by atoms with van der Waals surface area (Å²) in [6.07, 6.45) is 0. The first-order chi connectivity index (χ1) is 33.6. The molecule has 12 rings (SSSR count). The lowest BCUT2D eigenvalue weighted by Gasteiger charge is -2.45. The predicted octanol–water partition coefficient (Wildman–Crippen LogP) is 16.6. The highest BCUT2D eigenvalue weighted by atomic mass is 16.3. The monoisotopic (exact) mass is 906 g/mol. The second-order valence-corrected chi connectivity index (χ2v) is 22.6. The minimum Gasteiger partial charge on any atom is -0.455 e. The van der Waals surface area contributed by atoms with Crippen molar-refractivity contribution in [2.75, 3.05) is 9.80 Å². The largest absolute Gasteiger partial charge is 0.455 e. The van der Waals surface area contributed by atoms with Gasteiger partial charge in [0.1, 0.15) is 11.2 Å². The van der Waals surface area contributed by atoms with Gasteiger partial charge in [0.25, 0.3) is 6.71 Å². The lowest BCUT2D eigenvalue weighted by atomic mass is 9.33. The van der Waals surface area contributed by atoms with Crippen LogP contribution >= 0.6 is 0 Å². The summed E-state index contributed by atoms with van der Waals surface area (Å²) in [5.74, 6) is 0. The van der Waals surface area contributed by atoms with Gasteiger partial charge >= 0.3 is 0 Å². The van der Waals surface area contributed by atoms with Gasteiger partial charge in [-0.05, 0) is 126 Å². The molecule has 0 radical (unpaired) electrons. The Labute approximate surface area is 414 Å². The molecule has 1 aromatic heterocycles. The average molecular weight is 907 g/mol. The fourth-order valence-corrected chi connectivity index (χ4v) is 11.1. The lowest BCUT2D eigenvalue weighted by molar-refractivity contribution is 0.590. The number of hydrogen-bond donors (Lipinski definition) is 0. The summed E-state index contributed by atoms with van der Waals surface area (Å²) in [6, 6.07) is 72.7. The van der Waals surface area contributed by atoms with Crippen LogP contribution in [0.25, 0.3) is 55.3 Å². The summed E-state index contributed by atoms with van der Waals surface area (Å²) in [6.45, 7) is 20.8. The van der Waals surface area contributed by atoms with Gasteiger partial charge in [-0.15, -0.1) is 0 Å². The van der Waals surface area contributed by atoms with Crippen molar-refractivity contribution in [1.82, 2.24) is 0 Å². The average Bonchev–Trinajstić information content (AvgIpc) is 3.75. The van der Waals surface area contributed by atoms with Crippen LogP contribution in [0.5, 0.6) is 0 Å². The third-order valence-electron chi connectivity index (χ3n) is 15.0. The lowest BCUT2D eigenvalue weighted by Crippen LogP contribution is -2.61. The number of para-hydroxylation sites is 2. The second kappa shape index (κ2) is 16.0. The van der Waals surface area contributed by atoms with Crippen LogP contribution in [0.1, 0.15) is 79.0 Å². The summed E-state index contributed by atoms with van der Waals surface area (Å²) < 4.78 is 6.53. The fourth-order valence-electron chi connectivity index (χ4n) is 11.1. The summed E-state index contributed by atoms with van der Waals surface area (Å²) in [4.78, 5) is 5.09. The molecule has 0 saturated heterocycles. The van der Waals surface area contributed by atoms with Gasteiger partial charge in [-0.25, -0.2) is 0 Å². The van der Waals surface area contributed by atoms with Gasteiger partial charge in [-0.3, -0.25) is 0 Å². The topological polar surface area (TPSA) is 19.6 Å². The molecule has 2 aliphatic heterocycles. The number of benzene rings is 9. The zero-order valence-corrected chi connectivity index (χ0v) is 41.9. The van der Waals surface area contributed by atoms with E-state index in [-0.39, 0.29) is 23.0 Å². The van der Waals surface area contributed by atoms with Crippen molar-refractivity contribution >= 4 is 79.2 Å². The Balaban J connectivity index is 1.08. The van der Waals surface area contributed by atoms with E-state index in [1.165, 1.54) is 78.1 Å². The van der Waals surface area contributed by atoms with E-state index in [2.05, 4.69) is 260 Å². The van der Waals surface area contributed by atoms with E-state index in [0.29, 0.717) is 0 Å². The smallest absolute Gasteiger partial charge is 0.252 e. The zero-order valence-electron chi connectivity index (χ0n) is 41.9. The van der Waals surface area contributed by atoms with Crippen LogP contribution in [0.3, 0.4) is 0 Å². The van der Waals surface area contributed by atoms with Gasteiger partial charge in [0, 0.05) is 50.3 Å². The molecule has 0 N–H and O–H groups in total. The van der Waals surface area contributed by atoms with Gasteiger partial charge in [-0.1, -0.05) is 202 Å². The molecular formula is C66H59BN2O. The molecule has 0 unspecified atom stereocenters. The van der Waals surface area contributed by atoms with Crippen LogP contribution in [0, 0.1) is 0 Å². The molecule has 0 amide bonds. The highest BCUT2D eigenvalue weighted by Gasteiger charge is 2.44. The van der Waals surface area contributed by atoms with E-state index in [9.17, 15) is 0 Å². The highest BCUT2D eigenvalue weighted by Crippen LogP contribution is 2.48. The Morgan fingerprint density at radius 2 is 0.871 bits per heavy atom. The quantitative estimate of drug-likeness (QED) is 0.160. The van der Waals surface area contributed by atoms with Crippen LogP contribution in [0.15, 0.2) is 199 Å². The van der Waals surface area contributed by atoms with E-state index in [0.717, 1.165) is 44.4 Å². The third-order valence-corrected chi connectivity index (χ3v) is 15.0. The number of rotatable bonds is 5. The van der Waals surface area contributed by atoms with Gasteiger partial charge in [0.05, 0.1) is 5.69 Å². The first kappa shape index (κ1) is 43.7. The number of hydrogen-bond acceptors (Lipinski definition) is 3. The molecule has 9 aromatic carbocycles. The predicted molar refractivity (Wildman–Crippen MR) is 300 cm³/mol. The van der Waals surface area contributed by atoms with E-state index < -0.39 is 0 Å². The number of fused-ring (bicyclic) bond motifs is 7. The molecule has 0 aliphatic carbocycles. The number of anilines is 6. The molecule has 0 bridgehead atoms. The van der Waals surface area contributed by atoms with E-state index in [1.54, 1.807) is 0 Å². The van der Waals surface area contributed by atoms with E-state index >= 15 is 0 Å². The van der Waals surface area contributed by atoms with E-state index in [4.69, 9.17) is 4.42 Å². The van der Waals surface area contributed by atoms with E-state index in [1.807, 2.05) is 6.07 Å². The third kappa shape index (κ3) is 7.18. The first-order valence-electron chi connectivity index (χ1n) is 24.9. The summed E-state index contributed by atoms with van der Waals surface area (Å²) in [7, 11) is 0. The van der Waals surface area contributed by atoms with Gasteiger partial charge < -0.3 is 14.2 Å². The molecule has 10 aromatic rings. The van der Waals surface area contributed by atoms with Crippen LogP contribution in [-0.2, 0) is 16.2 Å². The Bertz CT molecular complexity index is 3660. The Kier molecular flexibility index (Phi) is 9.99. The zero-order chi connectivity index (χ0) is 48.3. The fraction of sp³-hybridized carbons (Fsp3) is 0.182. The van der Waals surface area contributed by atoms with Crippen molar-refractivity contribution in [3.63, 3.8) is 0 Å². The molecular weight excluding hydrogens is 848 g/mol. The van der Waals surface area contributed by atoms with Gasteiger partial charge in [0.15, 0.2) is 0 Å². The Morgan fingerprint density at radius 3 is 1.53 bits per heavy atom. The maximum atomic E-state index is 6.53. The van der Waals surface area contributed by atoms with Crippen molar-refractivity contribution in [3.8, 4) is 33.4 Å². The maximum absolute atomic E-state index is 6.53. The molecule has 3 nitrogen and oxygen atoms in total. The molecule has 2 aliphatic rings. The molecule has 0 saturated carbocycles.